The minimum absolute atomic E-state index is 0.134. The molecule has 0 spiro atoms. The van der Waals surface area contributed by atoms with Crippen LogP contribution < -0.4 is 5.32 Å². The van der Waals surface area contributed by atoms with Crippen LogP contribution in [0.3, 0.4) is 0 Å². The van der Waals surface area contributed by atoms with E-state index in [4.69, 9.17) is 5.26 Å². The van der Waals surface area contributed by atoms with Crippen LogP contribution in [0.25, 0.3) is 0 Å². The smallest absolute Gasteiger partial charge is 0.140 e. The van der Waals surface area contributed by atoms with E-state index in [9.17, 15) is 4.39 Å². The van der Waals surface area contributed by atoms with Gasteiger partial charge in [-0.2, -0.15) is 5.26 Å². The summed E-state index contributed by atoms with van der Waals surface area (Å²) in [5.41, 5.74) is 1.12. The molecule has 0 bridgehead atoms. The first-order valence-electron chi connectivity index (χ1n) is 7.42. The maximum atomic E-state index is 13.3. The molecule has 2 aliphatic rings. The minimum atomic E-state index is -0.435. The molecule has 106 valence electrons. The van der Waals surface area contributed by atoms with Gasteiger partial charge in [-0.3, -0.25) is 0 Å². The third-order valence-corrected chi connectivity index (χ3v) is 4.57. The van der Waals surface area contributed by atoms with Crippen molar-refractivity contribution in [2.24, 2.45) is 0 Å². The third-order valence-electron chi connectivity index (χ3n) is 4.57. The summed E-state index contributed by atoms with van der Waals surface area (Å²) in [4.78, 5) is 2.60. The molecule has 0 radical (unpaired) electrons. The van der Waals surface area contributed by atoms with E-state index in [2.05, 4.69) is 10.2 Å². The van der Waals surface area contributed by atoms with E-state index in [1.807, 2.05) is 6.07 Å². The van der Waals surface area contributed by atoms with Gasteiger partial charge in [-0.05, 0) is 56.5 Å². The van der Waals surface area contributed by atoms with Crippen molar-refractivity contribution in [3.63, 3.8) is 0 Å². The van der Waals surface area contributed by atoms with E-state index >= 15 is 0 Å². The number of rotatable bonds is 3. The molecule has 1 aromatic carbocycles. The number of piperidine rings is 1. The van der Waals surface area contributed by atoms with Gasteiger partial charge in [-0.25, -0.2) is 4.39 Å². The van der Waals surface area contributed by atoms with Crippen molar-refractivity contribution in [1.82, 2.24) is 10.2 Å². The first kappa shape index (κ1) is 13.5. The lowest BCUT2D eigenvalue weighted by Crippen LogP contribution is -2.45. The highest BCUT2D eigenvalue weighted by Crippen LogP contribution is 2.27. The highest BCUT2D eigenvalue weighted by Gasteiger charge is 2.31. The van der Waals surface area contributed by atoms with Gasteiger partial charge in [-0.1, -0.05) is 6.07 Å². The molecular weight excluding hydrogens is 253 g/mol. The summed E-state index contributed by atoms with van der Waals surface area (Å²) in [7, 11) is 0. The average Bonchev–Trinajstić information content (AvgIpc) is 2.94. The van der Waals surface area contributed by atoms with Crippen LogP contribution in [-0.2, 0) is 6.54 Å². The zero-order chi connectivity index (χ0) is 13.9. The lowest BCUT2D eigenvalue weighted by atomic mass is 9.97. The van der Waals surface area contributed by atoms with Crippen LogP contribution in [0.1, 0.15) is 36.8 Å². The molecule has 0 amide bonds. The molecule has 0 aromatic heterocycles. The SMILES string of the molecule is N#Cc1cc(CNC2CCN3CCCC3C2)ccc1F. The molecule has 20 heavy (non-hydrogen) atoms. The van der Waals surface area contributed by atoms with Gasteiger partial charge >= 0.3 is 0 Å². The van der Waals surface area contributed by atoms with Crippen molar-refractivity contribution in [3.8, 4) is 6.07 Å². The van der Waals surface area contributed by atoms with E-state index in [0.29, 0.717) is 12.6 Å². The molecule has 1 aromatic rings. The fourth-order valence-corrected chi connectivity index (χ4v) is 3.44. The lowest BCUT2D eigenvalue weighted by molar-refractivity contribution is 0.166. The summed E-state index contributed by atoms with van der Waals surface area (Å²) in [5.74, 6) is -0.435. The van der Waals surface area contributed by atoms with Crippen LogP contribution >= 0.6 is 0 Å². The van der Waals surface area contributed by atoms with Gasteiger partial charge in [0.05, 0.1) is 5.56 Å². The Hall–Kier alpha value is -1.44. The van der Waals surface area contributed by atoms with E-state index < -0.39 is 5.82 Å². The molecule has 2 fully saturated rings. The largest absolute Gasteiger partial charge is 0.310 e. The second-order valence-electron chi connectivity index (χ2n) is 5.86. The van der Waals surface area contributed by atoms with Crippen LogP contribution in [-0.4, -0.2) is 30.1 Å². The van der Waals surface area contributed by atoms with E-state index in [1.54, 1.807) is 12.1 Å². The molecule has 2 heterocycles. The van der Waals surface area contributed by atoms with E-state index in [1.165, 1.54) is 44.8 Å². The summed E-state index contributed by atoms with van der Waals surface area (Å²) in [6, 6.07) is 7.98. The van der Waals surface area contributed by atoms with Gasteiger partial charge in [0.1, 0.15) is 11.9 Å². The van der Waals surface area contributed by atoms with E-state index in [-0.39, 0.29) is 5.56 Å². The summed E-state index contributed by atoms with van der Waals surface area (Å²) in [6.45, 7) is 3.17. The van der Waals surface area contributed by atoms with Gasteiger partial charge in [0.25, 0.3) is 0 Å². The van der Waals surface area contributed by atoms with Crippen molar-refractivity contribution in [1.29, 1.82) is 5.26 Å². The van der Waals surface area contributed by atoms with Crippen molar-refractivity contribution < 1.29 is 4.39 Å². The van der Waals surface area contributed by atoms with Crippen LogP contribution in [0.5, 0.6) is 0 Å². The third kappa shape index (κ3) is 2.84. The number of fused-ring (bicyclic) bond motifs is 1. The predicted molar refractivity (Wildman–Crippen MR) is 75.6 cm³/mol. The number of hydrogen-bond acceptors (Lipinski definition) is 3. The first-order chi connectivity index (χ1) is 9.76. The van der Waals surface area contributed by atoms with Crippen LogP contribution in [0.15, 0.2) is 18.2 Å². The molecule has 2 saturated heterocycles. The topological polar surface area (TPSA) is 39.1 Å². The zero-order valence-corrected chi connectivity index (χ0v) is 11.6. The van der Waals surface area contributed by atoms with E-state index in [0.717, 1.165) is 11.6 Å². The molecule has 2 unspecified atom stereocenters. The van der Waals surface area contributed by atoms with Crippen molar-refractivity contribution in [2.75, 3.05) is 13.1 Å². The summed E-state index contributed by atoms with van der Waals surface area (Å²) >= 11 is 0. The molecule has 2 aliphatic heterocycles. The number of nitrogens with one attached hydrogen (secondary N) is 1. The van der Waals surface area contributed by atoms with Crippen LogP contribution in [0.2, 0.25) is 0 Å². The number of nitrogens with zero attached hydrogens (tertiary/aromatic N) is 2. The highest BCUT2D eigenvalue weighted by atomic mass is 19.1. The van der Waals surface area contributed by atoms with Crippen LogP contribution in [0.4, 0.5) is 4.39 Å². The Morgan fingerprint density at radius 3 is 3.10 bits per heavy atom. The molecule has 0 saturated carbocycles. The molecule has 2 atom stereocenters. The van der Waals surface area contributed by atoms with Gasteiger partial charge in [-0.15, -0.1) is 0 Å². The Labute approximate surface area is 119 Å². The molecule has 1 N–H and O–H groups in total. The molecule has 0 aliphatic carbocycles. The predicted octanol–water partition coefficient (Wildman–Crippen LogP) is 2.41. The number of nitriles is 1. The Balaban J connectivity index is 1.56. The fraction of sp³-hybridized carbons (Fsp3) is 0.562. The van der Waals surface area contributed by atoms with Crippen molar-refractivity contribution in [3.05, 3.63) is 35.1 Å². The highest BCUT2D eigenvalue weighted by molar-refractivity contribution is 5.34. The molecule has 3 nitrogen and oxygen atoms in total. The van der Waals surface area contributed by atoms with Gasteiger partial charge in [0.2, 0.25) is 0 Å². The average molecular weight is 273 g/mol. The Bertz CT molecular complexity index is 523. The monoisotopic (exact) mass is 273 g/mol. The standard InChI is InChI=1S/C16H20FN3/c17-16-4-3-12(8-13(16)10-18)11-19-14-5-7-20-6-1-2-15(20)9-14/h3-4,8,14-15,19H,1-2,5-7,9,11H2. The van der Waals surface area contributed by atoms with Crippen molar-refractivity contribution >= 4 is 0 Å². The zero-order valence-electron chi connectivity index (χ0n) is 11.6. The Morgan fingerprint density at radius 2 is 2.25 bits per heavy atom. The first-order valence-corrected chi connectivity index (χ1v) is 7.42. The van der Waals surface area contributed by atoms with Gasteiger partial charge < -0.3 is 10.2 Å². The summed E-state index contributed by atoms with van der Waals surface area (Å²) in [5, 5.41) is 12.4. The number of benzene rings is 1. The second-order valence-corrected chi connectivity index (χ2v) is 5.86. The Morgan fingerprint density at radius 1 is 1.35 bits per heavy atom. The summed E-state index contributed by atoms with van der Waals surface area (Å²) < 4.78 is 13.3. The normalized spacial score (nSPS) is 26.2. The molecule has 4 heteroatoms. The van der Waals surface area contributed by atoms with Crippen LogP contribution in [0, 0.1) is 17.1 Å². The Kier molecular flexibility index (Phi) is 4.00. The fourth-order valence-electron chi connectivity index (χ4n) is 3.44. The molecule has 3 rings (SSSR count). The summed E-state index contributed by atoms with van der Waals surface area (Å²) in [6.07, 6.45) is 5.06. The molecular formula is C16H20FN3. The minimum Gasteiger partial charge on any atom is -0.310 e. The lowest BCUT2D eigenvalue weighted by Gasteiger charge is -2.35. The second kappa shape index (κ2) is 5.90. The maximum absolute atomic E-state index is 13.3. The van der Waals surface area contributed by atoms with Gasteiger partial charge in [0.15, 0.2) is 0 Å². The number of halogens is 1. The van der Waals surface area contributed by atoms with Gasteiger partial charge in [0, 0.05) is 18.6 Å². The maximum Gasteiger partial charge on any atom is 0.140 e. The quantitative estimate of drug-likeness (QED) is 0.919. The number of hydrogen-bond donors (Lipinski definition) is 1. The van der Waals surface area contributed by atoms with Crippen molar-refractivity contribution in [2.45, 2.75) is 44.3 Å².